The molecule has 0 saturated heterocycles. The van der Waals surface area contributed by atoms with E-state index >= 15 is 0 Å². The Morgan fingerprint density at radius 3 is 2.59 bits per heavy atom. The molecule has 7 heteroatoms. The fourth-order valence-electron chi connectivity index (χ4n) is 1.50. The molecule has 1 atom stereocenters. The van der Waals surface area contributed by atoms with Crippen LogP contribution in [-0.2, 0) is 0 Å². The van der Waals surface area contributed by atoms with Crippen molar-refractivity contribution >= 4 is 15.9 Å². The smallest absolute Gasteiger partial charge is 0.289 e. The molecule has 1 aromatic carbocycles. The second-order valence-corrected chi connectivity index (χ2v) is 4.48. The molecule has 0 radical (unpaired) electrons. The third-order valence-corrected chi connectivity index (χ3v) is 3.18. The van der Waals surface area contributed by atoms with Crippen LogP contribution in [-0.4, -0.2) is 24.4 Å². The summed E-state index contributed by atoms with van der Waals surface area (Å²) in [4.78, 5) is 0. The topological polar surface area (TPSA) is 64.7 Å². The summed E-state index contributed by atoms with van der Waals surface area (Å²) in [6, 6.07) is 1.29. The lowest BCUT2D eigenvalue weighted by atomic mass is 10.0. The van der Waals surface area contributed by atoms with E-state index < -0.39 is 18.6 Å². The fraction of sp³-hybridized carbons (Fsp3) is 0.400. The number of fused-ring (bicyclic) bond motifs is 1. The molecule has 0 unspecified atom stereocenters. The quantitative estimate of drug-likeness (QED) is 0.893. The van der Waals surface area contributed by atoms with Gasteiger partial charge in [0.25, 0.3) is 5.92 Å². The zero-order chi connectivity index (χ0) is 12.6. The van der Waals surface area contributed by atoms with Crippen molar-refractivity contribution in [2.45, 2.75) is 12.0 Å². The van der Waals surface area contributed by atoms with Gasteiger partial charge in [-0.2, -0.15) is 0 Å². The molecule has 17 heavy (non-hydrogen) atoms. The van der Waals surface area contributed by atoms with Crippen LogP contribution in [0.4, 0.5) is 8.78 Å². The normalized spacial score (nSPS) is 16.1. The maximum Gasteiger partial charge on any atom is 0.289 e. The van der Waals surface area contributed by atoms with Gasteiger partial charge >= 0.3 is 0 Å². The van der Waals surface area contributed by atoms with Crippen LogP contribution in [0.1, 0.15) is 11.6 Å². The number of aliphatic hydroxyl groups excluding tert-OH is 1. The van der Waals surface area contributed by atoms with Crippen LogP contribution in [0.5, 0.6) is 11.5 Å². The van der Waals surface area contributed by atoms with Crippen molar-refractivity contribution in [3.8, 4) is 11.5 Å². The first-order chi connectivity index (χ1) is 7.95. The minimum absolute atomic E-state index is 0.0524. The molecule has 3 N–H and O–H groups in total. The first-order valence-electron chi connectivity index (χ1n) is 4.79. The second-order valence-electron chi connectivity index (χ2n) is 3.62. The number of aliphatic hydroxyl groups is 1. The summed E-state index contributed by atoms with van der Waals surface area (Å²) < 4.78 is 37.2. The second kappa shape index (κ2) is 4.40. The molecule has 1 aromatic rings. The molecule has 0 saturated carbocycles. The molecule has 1 aliphatic heterocycles. The van der Waals surface area contributed by atoms with Gasteiger partial charge in [-0.15, -0.1) is 0 Å². The van der Waals surface area contributed by atoms with Crippen LogP contribution in [0.25, 0.3) is 0 Å². The number of benzene rings is 1. The van der Waals surface area contributed by atoms with Crippen molar-refractivity contribution < 1.29 is 23.4 Å². The molecular formula is C10H10BrF2NO3. The average Bonchev–Trinajstić information content (AvgIpc) is 2.73. The molecule has 4 nitrogen and oxygen atoms in total. The summed E-state index contributed by atoms with van der Waals surface area (Å²) in [6.45, 7) is -1.26. The highest BCUT2D eigenvalue weighted by Gasteiger charge is 2.39. The van der Waals surface area contributed by atoms with Crippen molar-refractivity contribution in [2.75, 3.05) is 13.4 Å². The summed E-state index contributed by atoms with van der Waals surface area (Å²) in [7, 11) is 0. The largest absolute Gasteiger partial charge is 0.454 e. The van der Waals surface area contributed by atoms with E-state index in [-0.39, 0.29) is 12.4 Å². The van der Waals surface area contributed by atoms with Gasteiger partial charge in [-0.3, -0.25) is 0 Å². The van der Waals surface area contributed by atoms with Gasteiger partial charge in [0, 0.05) is 4.47 Å². The van der Waals surface area contributed by atoms with Crippen molar-refractivity contribution in [1.29, 1.82) is 0 Å². The highest BCUT2D eigenvalue weighted by atomic mass is 79.9. The summed E-state index contributed by atoms with van der Waals surface area (Å²) in [5.41, 5.74) is 5.60. The Kier molecular flexibility index (Phi) is 3.24. The van der Waals surface area contributed by atoms with E-state index in [0.717, 1.165) is 0 Å². The fourth-order valence-corrected chi connectivity index (χ4v) is 2.07. The first kappa shape index (κ1) is 12.5. The molecule has 94 valence electrons. The monoisotopic (exact) mass is 309 g/mol. The lowest BCUT2D eigenvalue weighted by Crippen LogP contribution is -2.36. The lowest BCUT2D eigenvalue weighted by molar-refractivity contribution is -0.0713. The third-order valence-electron chi connectivity index (χ3n) is 2.49. The molecule has 0 aliphatic carbocycles. The van der Waals surface area contributed by atoms with Gasteiger partial charge in [0.2, 0.25) is 6.79 Å². The predicted molar refractivity (Wildman–Crippen MR) is 59.2 cm³/mol. The van der Waals surface area contributed by atoms with E-state index in [1.54, 1.807) is 0 Å². The van der Waals surface area contributed by atoms with Crippen LogP contribution in [0.3, 0.4) is 0 Å². The summed E-state index contributed by atoms with van der Waals surface area (Å²) in [5, 5.41) is 8.61. The Labute approximate surface area is 104 Å². The first-order valence-corrected chi connectivity index (χ1v) is 5.58. The van der Waals surface area contributed by atoms with Crippen molar-refractivity contribution in [3.05, 3.63) is 22.2 Å². The molecule has 1 heterocycles. The van der Waals surface area contributed by atoms with Gasteiger partial charge in [-0.25, -0.2) is 8.78 Å². The number of rotatable bonds is 3. The number of halogens is 3. The number of nitrogens with two attached hydrogens (primary N) is 1. The SMILES string of the molecule is N[C@@H](c1cc2c(cc1Br)OCO2)C(F)(F)CO. The number of hydrogen-bond donors (Lipinski definition) is 2. The lowest BCUT2D eigenvalue weighted by Gasteiger charge is -2.22. The van der Waals surface area contributed by atoms with Crippen LogP contribution >= 0.6 is 15.9 Å². The maximum absolute atomic E-state index is 13.3. The molecule has 0 amide bonds. The van der Waals surface area contributed by atoms with E-state index in [0.29, 0.717) is 16.0 Å². The minimum atomic E-state index is -3.39. The van der Waals surface area contributed by atoms with Gasteiger partial charge < -0.3 is 20.3 Å². The van der Waals surface area contributed by atoms with E-state index in [1.165, 1.54) is 12.1 Å². The Balaban J connectivity index is 2.39. The van der Waals surface area contributed by atoms with Gasteiger partial charge in [0.1, 0.15) is 6.61 Å². The zero-order valence-corrected chi connectivity index (χ0v) is 10.2. The number of ether oxygens (including phenoxy) is 2. The summed E-state index contributed by atoms with van der Waals surface area (Å²) >= 11 is 3.14. The molecule has 0 spiro atoms. The van der Waals surface area contributed by atoms with Crippen LogP contribution in [0.2, 0.25) is 0 Å². The molecule has 0 fully saturated rings. The molecule has 1 aliphatic rings. The van der Waals surface area contributed by atoms with Crippen LogP contribution < -0.4 is 15.2 Å². The van der Waals surface area contributed by atoms with E-state index in [1.807, 2.05) is 0 Å². The molecule has 0 aromatic heterocycles. The van der Waals surface area contributed by atoms with Crippen LogP contribution in [0.15, 0.2) is 16.6 Å². The Morgan fingerprint density at radius 1 is 1.41 bits per heavy atom. The third kappa shape index (κ3) is 2.22. The summed E-state index contributed by atoms with van der Waals surface area (Å²) in [6.07, 6.45) is 0. The maximum atomic E-state index is 13.3. The van der Waals surface area contributed by atoms with E-state index in [2.05, 4.69) is 15.9 Å². The predicted octanol–water partition coefficient (Wildman–Crippen LogP) is 1.81. The Hall–Kier alpha value is -0.920. The van der Waals surface area contributed by atoms with Gasteiger partial charge in [0.05, 0.1) is 6.04 Å². The Bertz CT molecular complexity index is 442. The van der Waals surface area contributed by atoms with Crippen LogP contribution in [0, 0.1) is 0 Å². The Morgan fingerprint density at radius 2 is 2.00 bits per heavy atom. The minimum Gasteiger partial charge on any atom is -0.454 e. The number of hydrogen-bond acceptors (Lipinski definition) is 4. The number of alkyl halides is 2. The highest BCUT2D eigenvalue weighted by molar-refractivity contribution is 9.10. The molecule has 0 bridgehead atoms. The van der Waals surface area contributed by atoms with E-state index in [9.17, 15) is 8.78 Å². The van der Waals surface area contributed by atoms with Gasteiger partial charge in [-0.05, 0) is 17.7 Å². The molecular weight excluding hydrogens is 300 g/mol. The van der Waals surface area contributed by atoms with E-state index in [4.69, 9.17) is 20.3 Å². The van der Waals surface area contributed by atoms with Crippen molar-refractivity contribution in [2.24, 2.45) is 5.73 Å². The highest BCUT2D eigenvalue weighted by Crippen LogP contribution is 2.41. The zero-order valence-electron chi connectivity index (χ0n) is 8.62. The summed E-state index contributed by atoms with van der Waals surface area (Å²) in [5.74, 6) is -2.55. The van der Waals surface area contributed by atoms with Gasteiger partial charge in [-0.1, -0.05) is 15.9 Å². The van der Waals surface area contributed by atoms with Crippen molar-refractivity contribution in [3.63, 3.8) is 0 Å². The van der Waals surface area contributed by atoms with Gasteiger partial charge in [0.15, 0.2) is 11.5 Å². The average molecular weight is 310 g/mol. The standard InChI is InChI=1S/C10H10BrF2NO3/c11-6-2-8-7(16-4-17-8)1-5(6)9(14)10(12,13)3-15/h1-2,9,15H,3-4,14H2/t9-/m0/s1. The van der Waals surface area contributed by atoms with Crippen molar-refractivity contribution in [1.82, 2.24) is 0 Å². The molecule has 2 rings (SSSR count).